The number of hydrogen-bond acceptors (Lipinski definition) is 1. The highest BCUT2D eigenvalue weighted by molar-refractivity contribution is 6.30. The van der Waals surface area contributed by atoms with Crippen molar-refractivity contribution in [2.24, 2.45) is 11.8 Å². The molecule has 0 saturated heterocycles. The first-order chi connectivity index (χ1) is 9.49. The van der Waals surface area contributed by atoms with E-state index < -0.39 is 0 Å². The molecule has 3 heteroatoms. The molecule has 2 unspecified atom stereocenters. The van der Waals surface area contributed by atoms with Crippen molar-refractivity contribution >= 4 is 24.0 Å². The average molecular weight is 330 g/mol. The van der Waals surface area contributed by atoms with Gasteiger partial charge in [-0.1, -0.05) is 44.0 Å². The van der Waals surface area contributed by atoms with Gasteiger partial charge in [-0.2, -0.15) is 0 Å². The van der Waals surface area contributed by atoms with Crippen molar-refractivity contribution in [2.75, 3.05) is 14.1 Å². The maximum Gasteiger partial charge on any atom is 0.0406 e. The first-order valence-electron chi connectivity index (χ1n) is 7.91. The lowest BCUT2D eigenvalue weighted by molar-refractivity contribution is 0.140. The lowest BCUT2D eigenvalue weighted by Gasteiger charge is -2.42. The smallest absolute Gasteiger partial charge is 0.0406 e. The highest BCUT2D eigenvalue weighted by atomic mass is 35.5. The SMILES string of the molecule is CC(C)CC(C(c1ccc(Cl)cc1)C1CCC1)N(C)C.Cl. The van der Waals surface area contributed by atoms with Crippen LogP contribution in [0.3, 0.4) is 0 Å². The Bertz CT molecular complexity index is 410. The Labute approximate surface area is 141 Å². The number of likely N-dealkylation sites (N-methyl/N-ethyl adjacent to an activating group) is 1. The van der Waals surface area contributed by atoms with E-state index >= 15 is 0 Å². The highest BCUT2D eigenvalue weighted by Gasteiger charge is 2.35. The predicted molar refractivity (Wildman–Crippen MR) is 95.7 cm³/mol. The molecule has 0 N–H and O–H groups in total. The van der Waals surface area contributed by atoms with E-state index in [9.17, 15) is 0 Å². The number of halogens is 2. The van der Waals surface area contributed by atoms with E-state index in [1.165, 1.54) is 31.2 Å². The van der Waals surface area contributed by atoms with Gasteiger partial charge in [0.2, 0.25) is 0 Å². The van der Waals surface area contributed by atoms with Gasteiger partial charge in [-0.25, -0.2) is 0 Å². The van der Waals surface area contributed by atoms with Crippen LogP contribution in [-0.4, -0.2) is 25.0 Å². The summed E-state index contributed by atoms with van der Waals surface area (Å²) in [4.78, 5) is 2.43. The molecule has 1 aliphatic carbocycles. The molecule has 1 nitrogen and oxygen atoms in total. The van der Waals surface area contributed by atoms with Crippen molar-refractivity contribution in [2.45, 2.75) is 51.5 Å². The van der Waals surface area contributed by atoms with Gasteiger partial charge in [-0.05, 0) is 62.9 Å². The van der Waals surface area contributed by atoms with Gasteiger partial charge in [0, 0.05) is 17.0 Å². The molecule has 1 fully saturated rings. The summed E-state index contributed by atoms with van der Waals surface area (Å²) >= 11 is 6.06. The minimum Gasteiger partial charge on any atom is -0.306 e. The molecule has 1 aliphatic rings. The summed E-state index contributed by atoms with van der Waals surface area (Å²) in [5.41, 5.74) is 1.47. The van der Waals surface area contributed by atoms with Crippen molar-refractivity contribution in [3.8, 4) is 0 Å². The lowest BCUT2D eigenvalue weighted by atomic mass is 9.68. The molecular weight excluding hydrogens is 301 g/mol. The fourth-order valence-electron chi connectivity index (χ4n) is 3.45. The summed E-state index contributed by atoms with van der Waals surface area (Å²) in [6.07, 6.45) is 5.43. The largest absolute Gasteiger partial charge is 0.306 e. The van der Waals surface area contributed by atoms with E-state index in [0.29, 0.717) is 12.0 Å². The standard InChI is InChI=1S/C18H28ClN.ClH/c1-13(2)12-17(20(3)4)18(14-6-5-7-14)15-8-10-16(19)11-9-15;/h8-11,13-14,17-18H,5-7,12H2,1-4H3;1H. The zero-order valence-electron chi connectivity index (χ0n) is 13.7. The molecule has 0 aliphatic heterocycles. The molecule has 2 rings (SSSR count). The second kappa shape index (κ2) is 8.41. The molecule has 0 spiro atoms. The number of rotatable bonds is 6. The van der Waals surface area contributed by atoms with Crippen LogP contribution in [-0.2, 0) is 0 Å². The van der Waals surface area contributed by atoms with Crippen LogP contribution in [0.5, 0.6) is 0 Å². The van der Waals surface area contributed by atoms with Crippen molar-refractivity contribution < 1.29 is 0 Å². The van der Waals surface area contributed by atoms with Crippen LogP contribution in [0.4, 0.5) is 0 Å². The fraction of sp³-hybridized carbons (Fsp3) is 0.667. The molecular formula is C18H29Cl2N. The zero-order valence-corrected chi connectivity index (χ0v) is 15.3. The second-order valence-corrected chi connectivity index (χ2v) is 7.37. The molecule has 21 heavy (non-hydrogen) atoms. The van der Waals surface area contributed by atoms with E-state index in [1.54, 1.807) is 0 Å². The molecule has 0 bridgehead atoms. The van der Waals surface area contributed by atoms with Gasteiger partial charge in [0.25, 0.3) is 0 Å². The van der Waals surface area contributed by atoms with E-state index in [-0.39, 0.29) is 12.4 Å². The van der Waals surface area contributed by atoms with E-state index in [2.05, 4.69) is 45.0 Å². The average Bonchev–Trinajstić information content (AvgIpc) is 2.32. The Morgan fingerprint density at radius 1 is 1.14 bits per heavy atom. The van der Waals surface area contributed by atoms with Crippen molar-refractivity contribution in [3.05, 3.63) is 34.9 Å². The molecule has 120 valence electrons. The molecule has 1 aromatic rings. The van der Waals surface area contributed by atoms with Crippen LogP contribution >= 0.6 is 24.0 Å². The van der Waals surface area contributed by atoms with E-state index in [4.69, 9.17) is 11.6 Å². The Balaban J connectivity index is 0.00000220. The summed E-state index contributed by atoms with van der Waals surface area (Å²) in [6, 6.07) is 9.20. The molecule has 2 atom stereocenters. The molecule has 1 aromatic carbocycles. The summed E-state index contributed by atoms with van der Waals surface area (Å²) in [5.74, 6) is 2.23. The van der Waals surface area contributed by atoms with Crippen molar-refractivity contribution in [1.29, 1.82) is 0 Å². The minimum absolute atomic E-state index is 0. The van der Waals surface area contributed by atoms with Gasteiger partial charge in [-0.15, -0.1) is 12.4 Å². The quantitative estimate of drug-likeness (QED) is 0.654. The van der Waals surface area contributed by atoms with Gasteiger partial charge < -0.3 is 4.90 Å². The minimum atomic E-state index is 0. The van der Waals surface area contributed by atoms with Crippen LogP contribution in [0.25, 0.3) is 0 Å². The summed E-state index contributed by atoms with van der Waals surface area (Å²) in [5, 5.41) is 0.839. The predicted octanol–water partition coefficient (Wildman–Crippen LogP) is 5.62. The molecule has 0 amide bonds. The maximum atomic E-state index is 6.06. The first-order valence-corrected chi connectivity index (χ1v) is 8.28. The Morgan fingerprint density at radius 3 is 2.10 bits per heavy atom. The van der Waals surface area contributed by atoms with E-state index in [1.807, 2.05) is 12.1 Å². The first kappa shape index (κ1) is 18.8. The highest BCUT2D eigenvalue weighted by Crippen LogP contribution is 2.43. The van der Waals surface area contributed by atoms with Gasteiger partial charge in [-0.3, -0.25) is 0 Å². The summed E-state index contributed by atoms with van der Waals surface area (Å²) < 4.78 is 0. The third-order valence-corrected chi connectivity index (χ3v) is 4.96. The Morgan fingerprint density at radius 2 is 1.71 bits per heavy atom. The van der Waals surface area contributed by atoms with Crippen LogP contribution in [0.15, 0.2) is 24.3 Å². The normalized spacial score (nSPS) is 18.2. The monoisotopic (exact) mass is 329 g/mol. The number of nitrogens with zero attached hydrogens (tertiary/aromatic N) is 1. The van der Waals surface area contributed by atoms with Crippen molar-refractivity contribution in [3.63, 3.8) is 0 Å². The maximum absolute atomic E-state index is 6.06. The van der Waals surface area contributed by atoms with Crippen LogP contribution in [0, 0.1) is 11.8 Å². The topological polar surface area (TPSA) is 3.24 Å². The van der Waals surface area contributed by atoms with Gasteiger partial charge >= 0.3 is 0 Å². The Hall–Kier alpha value is -0.240. The molecule has 1 saturated carbocycles. The van der Waals surface area contributed by atoms with E-state index in [0.717, 1.165) is 16.9 Å². The summed E-state index contributed by atoms with van der Waals surface area (Å²) in [6.45, 7) is 4.66. The van der Waals surface area contributed by atoms with Gasteiger partial charge in [0.1, 0.15) is 0 Å². The Kier molecular flexibility index (Phi) is 7.53. The lowest BCUT2D eigenvalue weighted by Crippen LogP contribution is -2.40. The molecule has 0 heterocycles. The van der Waals surface area contributed by atoms with Crippen LogP contribution < -0.4 is 0 Å². The summed E-state index contributed by atoms with van der Waals surface area (Å²) in [7, 11) is 4.46. The second-order valence-electron chi connectivity index (χ2n) is 6.93. The van der Waals surface area contributed by atoms with Crippen LogP contribution in [0.1, 0.15) is 51.0 Å². The number of benzene rings is 1. The third-order valence-electron chi connectivity index (χ3n) is 4.70. The van der Waals surface area contributed by atoms with Crippen LogP contribution in [0.2, 0.25) is 5.02 Å². The third kappa shape index (κ3) is 4.87. The molecule has 0 radical (unpaired) electrons. The van der Waals surface area contributed by atoms with Gasteiger partial charge in [0.05, 0.1) is 0 Å². The zero-order chi connectivity index (χ0) is 14.7. The van der Waals surface area contributed by atoms with Crippen molar-refractivity contribution in [1.82, 2.24) is 4.90 Å². The van der Waals surface area contributed by atoms with Gasteiger partial charge in [0.15, 0.2) is 0 Å². The molecule has 0 aromatic heterocycles. The fourth-order valence-corrected chi connectivity index (χ4v) is 3.58. The number of hydrogen-bond donors (Lipinski definition) is 0.